The van der Waals surface area contributed by atoms with Crippen LogP contribution in [0.1, 0.15) is 31.7 Å². The fraction of sp³-hybridized carbons (Fsp3) is 0.464. The van der Waals surface area contributed by atoms with Gasteiger partial charge in [0, 0.05) is 19.7 Å². The zero-order valence-electron chi connectivity index (χ0n) is 21.7. The van der Waals surface area contributed by atoms with Gasteiger partial charge >= 0.3 is 0 Å². The van der Waals surface area contributed by atoms with Crippen molar-refractivity contribution in [1.29, 1.82) is 0 Å². The molecule has 3 amide bonds. The molecule has 4 heterocycles. The van der Waals surface area contributed by atoms with E-state index in [1.807, 2.05) is 61.5 Å². The van der Waals surface area contributed by atoms with Crippen molar-refractivity contribution in [2.24, 2.45) is 11.8 Å². The van der Waals surface area contributed by atoms with Crippen molar-refractivity contribution < 1.29 is 24.2 Å². The van der Waals surface area contributed by atoms with Crippen LogP contribution < -0.4 is 10.6 Å². The second-order valence-electron chi connectivity index (χ2n) is 10.8. The number of benzene rings is 2. The molecule has 11 nitrogen and oxygen atoms in total. The Bertz CT molecular complexity index is 1410. The monoisotopic (exact) mass is 532 g/mol. The first-order chi connectivity index (χ1) is 18.9. The molecule has 2 aromatic carbocycles. The Morgan fingerprint density at radius 2 is 1.85 bits per heavy atom. The molecule has 6 rings (SSSR count). The average Bonchev–Trinajstić information content (AvgIpc) is 3.65. The Balaban J connectivity index is 1.26. The van der Waals surface area contributed by atoms with Gasteiger partial charge in [-0.05, 0) is 43.9 Å². The Hall–Kier alpha value is -3.83. The number of carbonyl (C=O) groups excluding carboxylic acids is 3. The van der Waals surface area contributed by atoms with Gasteiger partial charge in [0.15, 0.2) is 0 Å². The number of aliphatic hydroxyl groups excluding tert-OH is 1. The van der Waals surface area contributed by atoms with Crippen LogP contribution in [-0.2, 0) is 32.3 Å². The van der Waals surface area contributed by atoms with Crippen molar-refractivity contribution >= 4 is 28.8 Å². The van der Waals surface area contributed by atoms with Crippen molar-refractivity contribution in [1.82, 2.24) is 30.5 Å². The molecular weight excluding hydrogens is 500 g/mol. The van der Waals surface area contributed by atoms with Gasteiger partial charge in [0.2, 0.25) is 17.7 Å². The van der Waals surface area contributed by atoms with E-state index in [0.29, 0.717) is 31.3 Å². The van der Waals surface area contributed by atoms with E-state index in [1.54, 1.807) is 4.68 Å². The summed E-state index contributed by atoms with van der Waals surface area (Å²) in [4.78, 5) is 42.8. The van der Waals surface area contributed by atoms with Crippen LogP contribution >= 0.6 is 0 Å². The predicted octanol–water partition coefficient (Wildman–Crippen LogP) is 0.969. The van der Waals surface area contributed by atoms with Gasteiger partial charge in [-0.25, -0.2) is 4.68 Å². The highest BCUT2D eigenvalue weighted by atomic mass is 16.5. The number of hydrogen-bond donors (Lipinski definition) is 3. The molecule has 3 aromatic rings. The standard InChI is InChI=1S/C28H32N6O5/c1-27-12-13-28(39-27)22(21(27)24(36)29-16-18-8-3-2-4-9-18)26(38)33(14-7-15-35)23(28)25(37)30-17-34-20-11-6-5-10-19(20)31-32-34/h2-6,8-11,21-23,35H,7,12-17H2,1H3,(H,29,36)(H,30,37)/t21-,22-,23?,27+,28?/m0/s1. The summed E-state index contributed by atoms with van der Waals surface area (Å²) in [6.45, 7) is 2.34. The topological polar surface area (TPSA) is 139 Å². The SMILES string of the molecule is C[C@]12CCC3(O1)C(C(=O)NCn1nnc4ccccc41)N(CCCO)C(=O)[C@@H]3[C@H]2C(=O)NCc1ccccc1. The van der Waals surface area contributed by atoms with Crippen LogP contribution in [0.3, 0.4) is 0 Å². The number of carbonyl (C=O) groups is 3. The number of amides is 3. The first-order valence-electron chi connectivity index (χ1n) is 13.4. The van der Waals surface area contributed by atoms with Crippen LogP contribution in [0, 0.1) is 11.8 Å². The Kier molecular flexibility index (Phi) is 6.35. The number of ether oxygens (including phenoxy) is 1. The van der Waals surface area contributed by atoms with Crippen LogP contribution in [-0.4, -0.2) is 73.1 Å². The number of aliphatic hydroxyl groups is 1. The van der Waals surface area contributed by atoms with E-state index in [-0.39, 0.29) is 37.5 Å². The van der Waals surface area contributed by atoms with Crippen molar-refractivity contribution in [2.75, 3.05) is 13.2 Å². The molecule has 0 radical (unpaired) electrons. The van der Waals surface area contributed by atoms with Crippen molar-refractivity contribution in [3.63, 3.8) is 0 Å². The van der Waals surface area contributed by atoms with E-state index in [1.165, 1.54) is 4.90 Å². The average molecular weight is 533 g/mol. The number of aromatic nitrogens is 3. The molecule has 1 spiro atoms. The normalized spacial score (nSPS) is 29.1. The molecule has 3 fully saturated rings. The third-order valence-electron chi connectivity index (χ3n) is 8.50. The fourth-order valence-electron chi connectivity index (χ4n) is 6.79. The van der Waals surface area contributed by atoms with Crippen molar-refractivity contribution in [2.45, 2.75) is 56.6 Å². The Morgan fingerprint density at radius 3 is 2.64 bits per heavy atom. The van der Waals surface area contributed by atoms with E-state index >= 15 is 0 Å². The lowest BCUT2D eigenvalue weighted by Crippen LogP contribution is -2.55. The number of likely N-dealkylation sites (tertiary alicyclic amines) is 1. The van der Waals surface area contributed by atoms with E-state index in [4.69, 9.17) is 4.74 Å². The van der Waals surface area contributed by atoms with Crippen LogP contribution in [0.2, 0.25) is 0 Å². The second-order valence-corrected chi connectivity index (χ2v) is 10.8. The summed E-state index contributed by atoms with van der Waals surface area (Å²) >= 11 is 0. The Morgan fingerprint density at radius 1 is 1.08 bits per heavy atom. The molecule has 39 heavy (non-hydrogen) atoms. The highest BCUT2D eigenvalue weighted by molar-refractivity contribution is 5.99. The number of rotatable bonds is 9. The van der Waals surface area contributed by atoms with Gasteiger partial charge in [-0.15, -0.1) is 5.10 Å². The highest BCUT2D eigenvalue weighted by Crippen LogP contribution is 2.63. The van der Waals surface area contributed by atoms with Gasteiger partial charge in [-0.1, -0.05) is 47.7 Å². The van der Waals surface area contributed by atoms with Crippen LogP contribution in [0.4, 0.5) is 0 Å². The van der Waals surface area contributed by atoms with E-state index in [9.17, 15) is 19.5 Å². The third-order valence-corrected chi connectivity index (χ3v) is 8.50. The van der Waals surface area contributed by atoms with Gasteiger partial charge in [0.05, 0.1) is 23.0 Å². The molecule has 3 aliphatic rings. The molecule has 0 aliphatic carbocycles. The number of hydrogen-bond acceptors (Lipinski definition) is 7. The molecular formula is C28H32N6O5. The molecule has 2 unspecified atom stereocenters. The van der Waals surface area contributed by atoms with Crippen LogP contribution in [0.5, 0.6) is 0 Å². The summed E-state index contributed by atoms with van der Waals surface area (Å²) in [6.07, 6.45) is 1.36. The van der Waals surface area contributed by atoms with Gasteiger partial charge in [0.25, 0.3) is 0 Å². The number of nitrogens with one attached hydrogen (secondary N) is 2. The lowest BCUT2D eigenvalue weighted by atomic mass is 9.66. The maximum Gasteiger partial charge on any atom is 0.247 e. The zero-order chi connectivity index (χ0) is 27.2. The van der Waals surface area contributed by atoms with Gasteiger partial charge in [0.1, 0.15) is 23.8 Å². The fourth-order valence-corrected chi connectivity index (χ4v) is 6.79. The molecule has 5 atom stereocenters. The first kappa shape index (κ1) is 25.4. The van der Waals surface area contributed by atoms with E-state index < -0.39 is 29.1 Å². The minimum atomic E-state index is -1.12. The molecule has 11 heteroatoms. The summed E-state index contributed by atoms with van der Waals surface area (Å²) in [5.41, 5.74) is 0.459. The lowest BCUT2D eigenvalue weighted by Gasteiger charge is -2.33. The van der Waals surface area contributed by atoms with Gasteiger partial charge in [-0.2, -0.15) is 0 Å². The molecule has 1 aromatic heterocycles. The van der Waals surface area contributed by atoms with Crippen LogP contribution in [0.15, 0.2) is 54.6 Å². The smallest absolute Gasteiger partial charge is 0.247 e. The maximum atomic E-state index is 13.9. The zero-order valence-corrected chi connectivity index (χ0v) is 21.7. The Labute approximate surface area is 225 Å². The molecule has 0 saturated carbocycles. The number of para-hydroxylation sites is 1. The molecule has 3 aliphatic heterocycles. The minimum Gasteiger partial charge on any atom is -0.396 e. The molecule has 3 saturated heterocycles. The molecule has 204 valence electrons. The highest BCUT2D eigenvalue weighted by Gasteiger charge is 2.77. The van der Waals surface area contributed by atoms with Gasteiger partial charge in [-0.3, -0.25) is 14.4 Å². The lowest BCUT2D eigenvalue weighted by molar-refractivity contribution is -0.146. The number of fused-ring (bicyclic) bond motifs is 2. The summed E-state index contributed by atoms with van der Waals surface area (Å²) < 4.78 is 8.19. The summed E-state index contributed by atoms with van der Waals surface area (Å²) in [6, 6.07) is 16.1. The summed E-state index contributed by atoms with van der Waals surface area (Å²) in [5.74, 6) is -2.42. The predicted molar refractivity (Wildman–Crippen MR) is 140 cm³/mol. The van der Waals surface area contributed by atoms with Crippen molar-refractivity contribution in [3.8, 4) is 0 Å². The van der Waals surface area contributed by atoms with Crippen LogP contribution in [0.25, 0.3) is 11.0 Å². The van der Waals surface area contributed by atoms with Gasteiger partial charge < -0.3 is 25.4 Å². The number of nitrogens with zero attached hydrogens (tertiary/aromatic N) is 4. The molecule has 3 N–H and O–H groups in total. The van der Waals surface area contributed by atoms with E-state index in [2.05, 4.69) is 20.9 Å². The minimum absolute atomic E-state index is 0.0664. The van der Waals surface area contributed by atoms with Crippen molar-refractivity contribution in [3.05, 3.63) is 60.2 Å². The second kappa shape index (κ2) is 9.73. The molecule has 2 bridgehead atoms. The summed E-state index contributed by atoms with van der Waals surface area (Å²) in [7, 11) is 0. The largest absolute Gasteiger partial charge is 0.396 e. The van der Waals surface area contributed by atoms with E-state index in [0.717, 1.165) is 11.1 Å². The summed E-state index contributed by atoms with van der Waals surface area (Å²) in [5, 5.41) is 23.7. The maximum absolute atomic E-state index is 13.9. The third kappa shape index (κ3) is 4.07. The first-order valence-corrected chi connectivity index (χ1v) is 13.4. The quantitative estimate of drug-likeness (QED) is 0.373.